The van der Waals surface area contributed by atoms with E-state index < -0.39 is 5.54 Å². The highest BCUT2D eigenvalue weighted by Gasteiger charge is 2.39. The van der Waals surface area contributed by atoms with E-state index in [2.05, 4.69) is 27.4 Å². The molecular formula is C14H22N4O2. The Hall–Kier alpha value is -1.82. The van der Waals surface area contributed by atoms with Gasteiger partial charge >= 0.3 is 0 Å². The fourth-order valence-corrected chi connectivity index (χ4v) is 2.67. The molecule has 0 radical (unpaired) electrons. The van der Waals surface area contributed by atoms with Gasteiger partial charge in [0.1, 0.15) is 5.54 Å². The van der Waals surface area contributed by atoms with E-state index in [0.29, 0.717) is 13.0 Å². The number of carbonyl (C=O) groups is 1. The average molecular weight is 278 g/mol. The Morgan fingerprint density at radius 1 is 1.50 bits per heavy atom. The smallest absolute Gasteiger partial charge is 0.264 e. The van der Waals surface area contributed by atoms with Crippen molar-refractivity contribution in [2.45, 2.75) is 37.6 Å². The molecule has 6 nitrogen and oxygen atoms in total. The van der Waals surface area contributed by atoms with Crippen molar-refractivity contribution in [2.75, 3.05) is 13.1 Å². The largest absolute Gasteiger partial charge is 0.354 e. The van der Waals surface area contributed by atoms with Gasteiger partial charge in [0.2, 0.25) is 5.91 Å². The predicted octanol–water partition coefficient (Wildman–Crippen LogP) is 0.450. The monoisotopic (exact) mass is 278 g/mol. The maximum atomic E-state index is 12.3. The van der Waals surface area contributed by atoms with Crippen molar-refractivity contribution in [3.05, 3.63) is 34.8 Å². The number of aromatic amines is 2. The number of H-pyrrole nitrogens is 2. The molecule has 2 heterocycles. The topological polar surface area (TPSA) is 89.8 Å². The molecule has 1 aliphatic rings. The molecule has 4 N–H and O–H groups in total. The van der Waals surface area contributed by atoms with E-state index in [9.17, 15) is 9.59 Å². The van der Waals surface area contributed by atoms with Gasteiger partial charge in [-0.1, -0.05) is 6.08 Å². The van der Waals surface area contributed by atoms with Crippen molar-refractivity contribution in [1.29, 1.82) is 0 Å². The van der Waals surface area contributed by atoms with Crippen LogP contribution in [0.1, 0.15) is 31.4 Å². The van der Waals surface area contributed by atoms with Gasteiger partial charge in [0.25, 0.3) is 5.56 Å². The quantitative estimate of drug-likeness (QED) is 0.431. The summed E-state index contributed by atoms with van der Waals surface area (Å²) < 4.78 is 0. The lowest BCUT2D eigenvalue weighted by Gasteiger charge is -2.26. The lowest BCUT2D eigenvalue weighted by Crippen LogP contribution is -2.53. The Balaban J connectivity index is 1.76. The maximum absolute atomic E-state index is 12.3. The zero-order chi connectivity index (χ0) is 14.4. The molecule has 1 fully saturated rings. The molecule has 0 spiro atoms. The Morgan fingerprint density at radius 2 is 2.35 bits per heavy atom. The number of rotatable bonds is 7. The number of amides is 1. The van der Waals surface area contributed by atoms with Gasteiger partial charge in [0.15, 0.2) is 0 Å². The summed E-state index contributed by atoms with van der Waals surface area (Å²) >= 11 is 0. The Bertz CT molecular complexity index is 511. The molecule has 0 bridgehead atoms. The second kappa shape index (κ2) is 6.56. The summed E-state index contributed by atoms with van der Waals surface area (Å²) in [5.41, 5.74) is 0.276. The van der Waals surface area contributed by atoms with Crippen LogP contribution in [0.4, 0.5) is 0 Å². The summed E-state index contributed by atoms with van der Waals surface area (Å²) in [6.45, 7) is 5.22. The fraction of sp³-hybridized carbons (Fsp3) is 0.571. The van der Waals surface area contributed by atoms with Crippen molar-refractivity contribution in [2.24, 2.45) is 0 Å². The number of hydrogen-bond acceptors (Lipinski definition) is 3. The Kier molecular flexibility index (Phi) is 4.79. The van der Waals surface area contributed by atoms with Crippen LogP contribution < -0.4 is 16.2 Å². The third kappa shape index (κ3) is 3.39. The molecule has 1 aliphatic heterocycles. The van der Waals surface area contributed by atoms with Crippen molar-refractivity contribution < 1.29 is 4.79 Å². The van der Waals surface area contributed by atoms with Crippen molar-refractivity contribution in [3.8, 4) is 0 Å². The zero-order valence-corrected chi connectivity index (χ0v) is 11.6. The normalized spacial score (nSPS) is 21.8. The molecule has 1 saturated heterocycles. The minimum Gasteiger partial charge on any atom is -0.354 e. The first-order valence-electron chi connectivity index (χ1n) is 7.07. The number of aromatic nitrogens is 2. The standard InChI is InChI=1S/C14H22N4O2/c1-2-6-14(7-4-9-16-14)13(20)15-8-3-5-11-10-12(19)18-17-11/h2,10,16H,1,3-9H2,(H,15,20)(H2,17,18,19)/t14-/m1/s1. The molecule has 1 amide bonds. The highest BCUT2D eigenvalue weighted by Crippen LogP contribution is 2.23. The van der Waals surface area contributed by atoms with E-state index in [1.807, 2.05) is 0 Å². The summed E-state index contributed by atoms with van der Waals surface area (Å²) in [5.74, 6) is 0.0532. The first kappa shape index (κ1) is 14.6. The number of carbonyl (C=O) groups excluding carboxylic acids is 1. The Morgan fingerprint density at radius 3 is 2.95 bits per heavy atom. The molecule has 1 aromatic heterocycles. The van der Waals surface area contributed by atoms with Crippen LogP contribution in [0.2, 0.25) is 0 Å². The molecular weight excluding hydrogens is 256 g/mol. The second-order valence-corrected chi connectivity index (χ2v) is 5.25. The van der Waals surface area contributed by atoms with Crippen LogP contribution in [0.3, 0.4) is 0 Å². The van der Waals surface area contributed by atoms with E-state index in [4.69, 9.17) is 0 Å². The minimum atomic E-state index is -0.468. The van der Waals surface area contributed by atoms with Crippen LogP contribution >= 0.6 is 0 Å². The highest BCUT2D eigenvalue weighted by atomic mass is 16.2. The van der Waals surface area contributed by atoms with Crippen LogP contribution in [-0.2, 0) is 11.2 Å². The minimum absolute atomic E-state index is 0.0532. The van der Waals surface area contributed by atoms with Gasteiger partial charge in [-0.15, -0.1) is 6.58 Å². The zero-order valence-electron chi connectivity index (χ0n) is 11.6. The fourth-order valence-electron chi connectivity index (χ4n) is 2.67. The van der Waals surface area contributed by atoms with Crippen molar-refractivity contribution in [1.82, 2.24) is 20.8 Å². The predicted molar refractivity (Wildman–Crippen MR) is 77.5 cm³/mol. The summed E-state index contributed by atoms with van der Waals surface area (Å²) in [4.78, 5) is 23.2. The number of nitrogens with one attached hydrogen (secondary N) is 4. The van der Waals surface area contributed by atoms with E-state index in [-0.39, 0.29) is 11.5 Å². The lowest BCUT2D eigenvalue weighted by molar-refractivity contribution is -0.127. The second-order valence-electron chi connectivity index (χ2n) is 5.25. The molecule has 0 unspecified atom stereocenters. The average Bonchev–Trinajstić information content (AvgIpc) is 3.05. The van der Waals surface area contributed by atoms with Crippen LogP contribution in [0.15, 0.2) is 23.5 Å². The van der Waals surface area contributed by atoms with Gasteiger partial charge in [-0.05, 0) is 38.6 Å². The third-order valence-electron chi connectivity index (χ3n) is 3.73. The number of aryl methyl sites for hydroxylation is 1. The molecule has 0 aliphatic carbocycles. The Labute approximate surface area is 118 Å². The molecule has 0 saturated carbocycles. The van der Waals surface area contributed by atoms with Crippen molar-refractivity contribution in [3.63, 3.8) is 0 Å². The van der Waals surface area contributed by atoms with Crippen LogP contribution in [-0.4, -0.2) is 34.7 Å². The summed E-state index contributed by atoms with van der Waals surface area (Å²) in [5, 5.41) is 11.6. The molecule has 0 aromatic carbocycles. The summed E-state index contributed by atoms with van der Waals surface area (Å²) in [6.07, 6.45) is 5.86. The highest BCUT2D eigenvalue weighted by molar-refractivity contribution is 5.86. The van der Waals surface area contributed by atoms with Gasteiger partial charge in [-0.2, -0.15) is 0 Å². The first-order chi connectivity index (χ1) is 9.66. The van der Waals surface area contributed by atoms with Crippen LogP contribution in [0.5, 0.6) is 0 Å². The van der Waals surface area contributed by atoms with E-state index in [0.717, 1.165) is 37.9 Å². The van der Waals surface area contributed by atoms with E-state index in [1.165, 1.54) is 0 Å². The molecule has 6 heteroatoms. The molecule has 1 atom stereocenters. The van der Waals surface area contributed by atoms with Crippen molar-refractivity contribution >= 4 is 5.91 Å². The van der Waals surface area contributed by atoms with Gasteiger partial charge in [-0.25, -0.2) is 0 Å². The first-order valence-corrected chi connectivity index (χ1v) is 7.07. The molecule has 20 heavy (non-hydrogen) atoms. The summed E-state index contributed by atoms with van der Waals surface area (Å²) in [6, 6.07) is 1.54. The molecule has 1 aromatic rings. The van der Waals surface area contributed by atoms with E-state index in [1.54, 1.807) is 12.1 Å². The third-order valence-corrected chi connectivity index (χ3v) is 3.73. The number of hydrogen-bond donors (Lipinski definition) is 4. The van der Waals surface area contributed by atoms with Gasteiger partial charge in [0, 0.05) is 18.3 Å². The van der Waals surface area contributed by atoms with Gasteiger partial charge in [-0.3, -0.25) is 14.7 Å². The van der Waals surface area contributed by atoms with Gasteiger partial charge in [0.05, 0.1) is 0 Å². The molecule has 110 valence electrons. The van der Waals surface area contributed by atoms with Gasteiger partial charge < -0.3 is 15.7 Å². The summed E-state index contributed by atoms with van der Waals surface area (Å²) in [7, 11) is 0. The van der Waals surface area contributed by atoms with E-state index >= 15 is 0 Å². The lowest BCUT2D eigenvalue weighted by atomic mass is 9.92. The maximum Gasteiger partial charge on any atom is 0.264 e. The molecule has 2 rings (SSSR count). The SMILES string of the molecule is C=CC[C@]1(C(=O)NCCCc2cc(=O)[nH][nH]2)CCCN1. The van der Waals surface area contributed by atoms with Crippen LogP contribution in [0, 0.1) is 0 Å². The van der Waals surface area contributed by atoms with Crippen LogP contribution in [0.25, 0.3) is 0 Å².